The number of benzene rings is 6. The van der Waals surface area contributed by atoms with Crippen LogP contribution in [0.4, 0.5) is 0 Å². The topological polar surface area (TPSA) is 125 Å². The standard InChI is InChI=1S/C29H37BO5Si.C23H23BO5/c1-29(2,3)36(4,5)33-18-10-15-28-26-17-16-25(20-27(26)30(31)35-28)34-24-14-9-13-23(19-24)32-21-22-11-7-6-8-12-22;25-13-5-10-23-21-12-11-20(15-22(21)24(26)29-23)28-19-9-4-8-18(14-19)27-16-17-6-2-1-3-7-17/h6-9,11-14,16-17,19-20,28,31H,10,15,18,21H2,1-5H3;1-4,6-9,11-12,14-15,23,25-26H,5,10,13,16H2. The van der Waals surface area contributed by atoms with Gasteiger partial charge in [0.25, 0.3) is 0 Å². The van der Waals surface area contributed by atoms with Crippen molar-refractivity contribution in [1.29, 1.82) is 0 Å². The molecule has 0 saturated carbocycles. The molecule has 2 heterocycles. The Labute approximate surface area is 385 Å². The van der Waals surface area contributed by atoms with E-state index in [-0.39, 0.29) is 23.9 Å². The zero-order chi connectivity index (χ0) is 45.8. The number of hydrogen-bond acceptors (Lipinski definition) is 10. The smallest absolute Gasteiger partial charge is 0.489 e. The lowest BCUT2D eigenvalue weighted by atomic mass is 9.79. The first-order valence-corrected chi connectivity index (χ1v) is 25.3. The lowest BCUT2D eigenvalue weighted by Crippen LogP contribution is -2.41. The van der Waals surface area contributed by atoms with Crippen LogP contribution in [0.5, 0.6) is 34.5 Å². The Bertz CT molecular complexity index is 2430. The van der Waals surface area contributed by atoms with Gasteiger partial charge in [-0.2, -0.15) is 0 Å². The van der Waals surface area contributed by atoms with E-state index in [0.29, 0.717) is 61.1 Å². The number of rotatable bonds is 18. The average molecular weight is 895 g/mol. The first-order valence-electron chi connectivity index (χ1n) is 22.4. The van der Waals surface area contributed by atoms with E-state index >= 15 is 0 Å². The van der Waals surface area contributed by atoms with Crippen molar-refractivity contribution in [2.75, 3.05) is 13.2 Å². The molecule has 0 amide bonds. The van der Waals surface area contributed by atoms with Gasteiger partial charge in [0.05, 0.1) is 12.2 Å². The van der Waals surface area contributed by atoms with Crippen LogP contribution < -0.4 is 29.9 Å². The van der Waals surface area contributed by atoms with Gasteiger partial charge in [0.15, 0.2) is 8.32 Å². The molecule has 0 saturated heterocycles. The average Bonchev–Trinajstić information content (AvgIpc) is 3.79. The molecule has 2 aliphatic heterocycles. The third-order valence-electron chi connectivity index (χ3n) is 12.0. The van der Waals surface area contributed by atoms with E-state index in [2.05, 4.69) is 33.9 Å². The molecule has 338 valence electrons. The van der Waals surface area contributed by atoms with Crippen molar-refractivity contribution in [3.05, 3.63) is 168 Å². The summed E-state index contributed by atoms with van der Waals surface area (Å²) in [6.45, 7) is 13.1. The summed E-state index contributed by atoms with van der Waals surface area (Å²) in [4.78, 5) is 0. The SMILES string of the molecule is CC(C)(C)[Si](C)(C)OCCCC1OB(O)c2cc(Oc3cccc(OCc4ccccc4)c3)ccc21.OCCCC1OB(O)c2cc(Oc3cccc(OCc4ccccc4)c3)ccc21. The van der Waals surface area contributed by atoms with Crippen LogP contribution >= 0.6 is 0 Å². The van der Waals surface area contributed by atoms with Crippen LogP contribution in [0, 0.1) is 0 Å². The fourth-order valence-corrected chi connectivity index (χ4v) is 8.48. The molecule has 3 N–H and O–H groups in total. The van der Waals surface area contributed by atoms with E-state index in [1.807, 2.05) is 140 Å². The molecule has 0 spiro atoms. The Kier molecular flexibility index (Phi) is 16.3. The van der Waals surface area contributed by atoms with E-state index in [9.17, 15) is 10.0 Å². The zero-order valence-corrected chi connectivity index (χ0v) is 39.0. The highest BCUT2D eigenvalue weighted by atomic mass is 28.4. The Morgan fingerprint density at radius 2 is 0.969 bits per heavy atom. The Balaban J connectivity index is 0.000000198. The van der Waals surface area contributed by atoms with Gasteiger partial charge in [0.2, 0.25) is 0 Å². The second-order valence-corrected chi connectivity index (χ2v) is 22.7. The molecule has 8 rings (SSSR count). The van der Waals surface area contributed by atoms with Crippen LogP contribution in [0.25, 0.3) is 0 Å². The van der Waals surface area contributed by atoms with E-state index < -0.39 is 22.6 Å². The Morgan fingerprint density at radius 1 is 0.538 bits per heavy atom. The van der Waals surface area contributed by atoms with Gasteiger partial charge in [-0.3, -0.25) is 0 Å². The molecule has 2 unspecified atom stereocenters. The second-order valence-electron chi connectivity index (χ2n) is 17.9. The van der Waals surface area contributed by atoms with Gasteiger partial charge in [-0.15, -0.1) is 0 Å². The summed E-state index contributed by atoms with van der Waals surface area (Å²) in [5, 5.41) is 30.0. The molecule has 13 heteroatoms. The van der Waals surface area contributed by atoms with E-state index in [0.717, 1.165) is 52.1 Å². The van der Waals surface area contributed by atoms with Crippen LogP contribution in [0.2, 0.25) is 18.1 Å². The highest BCUT2D eigenvalue weighted by Crippen LogP contribution is 2.38. The highest BCUT2D eigenvalue weighted by Gasteiger charge is 2.38. The minimum atomic E-state index is -1.75. The van der Waals surface area contributed by atoms with Gasteiger partial charge in [0, 0.05) is 25.3 Å². The molecule has 10 nitrogen and oxygen atoms in total. The van der Waals surface area contributed by atoms with E-state index in [1.165, 1.54) is 0 Å². The summed E-state index contributed by atoms with van der Waals surface area (Å²) in [5.74, 6) is 4.06. The Morgan fingerprint density at radius 3 is 1.42 bits per heavy atom. The number of aliphatic hydroxyl groups excluding tert-OH is 1. The highest BCUT2D eigenvalue weighted by molar-refractivity contribution is 6.74. The van der Waals surface area contributed by atoms with Crippen LogP contribution in [-0.2, 0) is 26.9 Å². The normalized spacial score (nSPS) is 15.4. The molecule has 2 atom stereocenters. The largest absolute Gasteiger partial charge is 0.492 e. The van der Waals surface area contributed by atoms with Crippen LogP contribution in [-0.4, -0.2) is 50.9 Å². The van der Waals surface area contributed by atoms with Gasteiger partial charge in [-0.05, 0) is 126 Å². The van der Waals surface area contributed by atoms with Gasteiger partial charge in [-0.25, -0.2) is 0 Å². The van der Waals surface area contributed by atoms with Crippen LogP contribution in [0.15, 0.2) is 146 Å². The van der Waals surface area contributed by atoms with E-state index in [4.69, 9.17) is 37.8 Å². The summed E-state index contributed by atoms with van der Waals surface area (Å²) in [7, 11) is -3.68. The predicted octanol–water partition coefficient (Wildman–Crippen LogP) is 10.2. The lowest BCUT2D eigenvalue weighted by Gasteiger charge is -2.36. The maximum atomic E-state index is 10.5. The van der Waals surface area contributed by atoms with Crippen molar-refractivity contribution in [1.82, 2.24) is 0 Å². The third-order valence-corrected chi connectivity index (χ3v) is 16.6. The molecule has 65 heavy (non-hydrogen) atoms. The van der Waals surface area contributed by atoms with Crippen molar-refractivity contribution >= 4 is 33.5 Å². The number of aliphatic hydroxyl groups is 1. The van der Waals surface area contributed by atoms with Crippen molar-refractivity contribution in [2.45, 2.75) is 90.0 Å². The van der Waals surface area contributed by atoms with Crippen LogP contribution in [0.1, 0.15) is 80.9 Å². The van der Waals surface area contributed by atoms with Crippen molar-refractivity contribution in [3.63, 3.8) is 0 Å². The summed E-state index contributed by atoms with van der Waals surface area (Å²) < 4.78 is 41.6. The Hall–Kier alpha value is -5.37. The zero-order valence-electron chi connectivity index (χ0n) is 38.0. The monoisotopic (exact) mass is 894 g/mol. The number of ether oxygens (including phenoxy) is 4. The lowest BCUT2D eigenvalue weighted by molar-refractivity contribution is 0.165. The molecule has 0 aromatic heterocycles. The fraction of sp³-hybridized carbons (Fsp3) is 0.308. The molecular weight excluding hydrogens is 834 g/mol. The molecule has 0 fully saturated rings. The van der Waals surface area contributed by atoms with Crippen molar-refractivity contribution < 1.29 is 47.8 Å². The third kappa shape index (κ3) is 13.1. The fourth-order valence-electron chi connectivity index (χ4n) is 7.40. The molecule has 6 aromatic carbocycles. The maximum Gasteiger partial charge on any atom is 0.492 e. The van der Waals surface area contributed by atoms with Crippen LogP contribution in [0.3, 0.4) is 0 Å². The van der Waals surface area contributed by atoms with Gasteiger partial charge >= 0.3 is 14.2 Å². The summed E-state index contributed by atoms with van der Waals surface area (Å²) in [5.41, 5.74) is 5.64. The molecular formula is C52H60B2O10Si. The second kappa shape index (κ2) is 22.2. The molecule has 0 aliphatic carbocycles. The first kappa shape index (κ1) is 47.6. The number of fused-ring (bicyclic) bond motifs is 2. The van der Waals surface area contributed by atoms with E-state index in [1.54, 1.807) is 6.07 Å². The molecule has 0 bridgehead atoms. The quantitative estimate of drug-likeness (QED) is 0.0567. The molecule has 0 radical (unpaired) electrons. The first-order chi connectivity index (χ1) is 31.3. The summed E-state index contributed by atoms with van der Waals surface area (Å²) in [6, 6.07) is 46.5. The maximum absolute atomic E-state index is 10.5. The molecule has 6 aromatic rings. The van der Waals surface area contributed by atoms with Gasteiger partial charge in [0.1, 0.15) is 47.7 Å². The van der Waals surface area contributed by atoms with Crippen molar-refractivity contribution in [2.24, 2.45) is 0 Å². The molecule has 2 aliphatic rings. The van der Waals surface area contributed by atoms with Gasteiger partial charge in [-0.1, -0.05) is 106 Å². The predicted molar refractivity (Wildman–Crippen MR) is 259 cm³/mol. The summed E-state index contributed by atoms with van der Waals surface area (Å²) in [6.07, 6.45) is 2.65. The minimum Gasteiger partial charge on any atom is -0.489 e. The van der Waals surface area contributed by atoms with Crippen molar-refractivity contribution in [3.8, 4) is 34.5 Å². The van der Waals surface area contributed by atoms with Gasteiger partial charge < -0.3 is 47.8 Å². The minimum absolute atomic E-state index is 0.106. The number of hydrogen-bond donors (Lipinski definition) is 3. The summed E-state index contributed by atoms with van der Waals surface area (Å²) >= 11 is 0.